The summed E-state index contributed by atoms with van der Waals surface area (Å²) in [5, 5.41) is 0. The fraction of sp³-hybridized carbons (Fsp3) is 0.833. The minimum atomic E-state index is -0.500. The van der Waals surface area contributed by atoms with Crippen LogP contribution in [0, 0.1) is 0 Å². The molecule has 1 aliphatic rings. The number of hydrogen-bond acceptors (Lipinski definition) is 3. The van der Waals surface area contributed by atoms with Crippen molar-refractivity contribution in [1.29, 1.82) is 0 Å². The molecule has 1 aliphatic heterocycles. The van der Waals surface area contributed by atoms with E-state index in [1.54, 1.807) is 7.05 Å². The molecule has 0 aromatic rings. The molecule has 5 heteroatoms. The fourth-order valence-electron chi connectivity index (χ4n) is 0.841. The van der Waals surface area contributed by atoms with Crippen molar-refractivity contribution < 1.29 is 14.3 Å². The van der Waals surface area contributed by atoms with Gasteiger partial charge in [-0.3, -0.25) is 4.90 Å². The van der Waals surface area contributed by atoms with E-state index >= 15 is 0 Å². The standard InChI is InChI=1S/C6H12N2O3/c1-8(6(7)9)5-4-10-2-3-11-5/h5H,2-4H2,1H3,(H2,7,9). The summed E-state index contributed by atoms with van der Waals surface area (Å²) in [5.41, 5.74) is 5.02. The zero-order chi connectivity index (χ0) is 8.27. The van der Waals surface area contributed by atoms with Gasteiger partial charge in [-0.1, -0.05) is 0 Å². The molecule has 64 valence electrons. The van der Waals surface area contributed by atoms with Crippen LogP contribution >= 0.6 is 0 Å². The van der Waals surface area contributed by atoms with E-state index in [1.807, 2.05) is 0 Å². The number of hydrogen-bond donors (Lipinski definition) is 1. The zero-order valence-corrected chi connectivity index (χ0v) is 6.45. The second kappa shape index (κ2) is 3.54. The van der Waals surface area contributed by atoms with Crippen LogP contribution in [0.5, 0.6) is 0 Å². The number of carbonyl (C=O) groups excluding carboxylic acids is 1. The predicted octanol–water partition coefficient (Wildman–Crippen LogP) is -0.630. The van der Waals surface area contributed by atoms with Crippen LogP contribution in [0.2, 0.25) is 0 Å². The molecule has 2 N–H and O–H groups in total. The summed E-state index contributed by atoms with van der Waals surface area (Å²) in [6.07, 6.45) is -0.318. The van der Waals surface area contributed by atoms with E-state index in [2.05, 4.69) is 0 Å². The lowest BCUT2D eigenvalue weighted by Crippen LogP contribution is -2.47. The van der Waals surface area contributed by atoms with Gasteiger partial charge in [0.1, 0.15) is 0 Å². The molecule has 0 aromatic heterocycles. The van der Waals surface area contributed by atoms with Gasteiger partial charge in [0.2, 0.25) is 0 Å². The van der Waals surface area contributed by atoms with E-state index in [0.29, 0.717) is 19.8 Å². The van der Waals surface area contributed by atoms with Crippen molar-refractivity contribution in [2.45, 2.75) is 6.23 Å². The van der Waals surface area contributed by atoms with E-state index < -0.39 is 6.03 Å². The number of carbonyl (C=O) groups is 1. The molecule has 0 saturated carbocycles. The third kappa shape index (κ3) is 2.06. The number of likely N-dealkylation sites (N-methyl/N-ethyl adjacent to an activating group) is 1. The number of amides is 2. The number of rotatable bonds is 1. The summed E-state index contributed by atoms with van der Waals surface area (Å²) in [6.45, 7) is 1.50. The average molecular weight is 160 g/mol. The van der Waals surface area contributed by atoms with Crippen LogP contribution in [-0.4, -0.2) is 44.0 Å². The first-order valence-corrected chi connectivity index (χ1v) is 3.43. The topological polar surface area (TPSA) is 64.8 Å². The van der Waals surface area contributed by atoms with Crippen LogP contribution in [-0.2, 0) is 9.47 Å². The Bertz CT molecular complexity index is 145. The van der Waals surface area contributed by atoms with Gasteiger partial charge in [-0.15, -0.1) is 0 Å². The van der Waals surface area contributed by atoms with Gasteiger partial charge < -0.3 is 15.2 Å². The molecule has 0 aromatic carbocycles. The van der Waals surface area contributed by atoms with Crippen molar-refractivity contribution in [2.75, 3.05) is 26.9 Å². The summed E-state index contributed by atoms with van der Waals surface area (Å²) >= 11 is 0. The Morgan fingerprint density at radius 1 is 1.64 bits per heavy atom. The van der Waals surface area contributed by atoms with Gasteiger partial charge in [0.15, 0.2) is 6.23 Å². The molecule has 0 bridgehead atoms. The maximum Gasteiger partial charge on any atom is 0.316 e. The first-order valence-electron chi connectivity index (χ1n) is 3.43. The van der Waals surface area contributed by atoms with Crippen LogP contribution < -0.4 is 5.73 Å². The van der Waals surface area contributed by atoms with Gasteiger partial charge in [0, 0.05) is 7.05 Å². The van der Waals surface area contributed by atoms with E-state index in [1.165, 1.54) is 4.90 Å². The highest BCUT2D eigenvalue weighted by molar-refractivity contribution is 5.71. The molecule has 1 heterocycles. The predicted molar refractivity (Wildman–Crippen MR) is 37.9 cm³/mol. The van der Waals surface area contributed by atoms with Crippen molar-refractivity contribution in [1.82, 2.24) is 4.90 Å². The van der Waals surface area contributed by atoms with Crippen molar-refractivity contribution in [3.05, 3.63) is 0 Å². The molecule has 1 fully saturated rings. The Morgan fingerprint density at radius 2 is 2.36 bits per heavy atom. The third-order valence-corrected chi connectivity index (χ3v) is 1.58. The van der Waals surface area contributed by atoms with E-state index in [4.69, 9.17) is 15.2 Å². The highest BCUT2D eigenvalue weighted by Crippen LogP contribution is 2.03. The molecule has 5 nitrogen and oxygen atoms in total. The smallest absolute Gasteiger partial charge is 0.316 e. The lowest BCUT2D eigenvalue weighted by atomic mass is 10.5. The molecule has 2 amide bonds. The Kier molecular flexibility index (Phi) is 2.67. The molecule has 11 heavy (non-hydrogen) atoms. The van der Waals surface area contributed by atoms with Gasteiger partial charge >= 0.3 is 6.03 Å². The van der Waals surface area contributed by atoms with Crippen molar-refractivity contribution in [2.24, 2.45) is 5.73 Å². The van der Waals surface area contributed by atoms with Crippen LogP contribution in [0.15, 0.2) is 0 Å². The number of nitrogens with zero attached hydrogens (tertiary/aromatic N) is 1. The Labute approximate surface area is 65.0 Å². The number of primary amides is 1. The number of ether oxygens (including phenoxy) is 2. The van der Waals surface area contributed by atoms with Crippen molar-refractivity contribution in [3.8, 4) is 0 Å². The van der Waals surface area contributed by atoms with Gasteiger partial charge in [-0.2, -0.15) is 0 Å². The second-order valence-electron chi connectivity index (χ2n) is 2.35. The van der Waals surface area contributed by atoms with Gasteiger partial charge in [0.25, 0.3) is 0 Å². The molecule has 1 rings (SSSR count). The monoisotopic (exact) mass is 160 g/mol. The fourth-order valence-corrected chi connectivity index (χ4v) is 0.841. The molecule has 0 radical (unpaired) electrons. The van der Waals surface area contributed by atoms with E-state index in [-0.39, 0.29) is 6.23 Å². The minimum Gasteiger partial charge on any atom is -0.374 e. The highest BCUT2D eigenvalue weighted by Gasteiger charge is 2.21. The van der Waals surface area contributed by atoms with Crippen LogP contribution in [0.1, 0.15) is 0 Å². The Morgan fingerprint density at radius 3 is 2.82 bits per heavy atom. The normalized spacial score (nSPS) is 24.6. The largest absolute Gasteiger partial charge is 0.374 e. The van der Waals surface area contributed by atoms with Crippen LogP contribution in [0.3, 0.4) is 0 Å². The summed E-state index contributed by atoms with van der Waals surface area (Å²) < 4.78 is 10.3. The summed E-state index contributed by atoms with van der Waals surface area (Å²) in [5.74, 6) is 0. The maximum atomic E-state index is 10.6. The quantitative estimate of drug-likeness (QED) is 0.555. The molecule has 0 spiro atoms. The molecular weight excluding hydrogens is 148 g/mol. The first-order chi connectivity index (χ1) is 5.22. The van der Waals surface area contributed by atoms with Gasteiger partial charge in [-0.05, 0) is 0 Å². The van der Waals surface area contributed by atoms with Gasteiger partial charge in [-0.25, -0.2) is 4.79 Å². The van der Waals surface area contributed by atoms with Crippen molar-refractivity contribution in [3.63, 3.8) is 0 Å². The van der Waals surface area contributed by atoms with E-state index in [0.717, 1.165) is 0 Å². The molecule has 1 saturated heterocycles. The zero-order valence-electron chi connectivity index (χ0n) is 6.45. The SMILES string of the molecule is CN(C(N)=O)C1COCCO1. The lowest BCUT2D eigenvalue weighted by molar-refractivity contribution is -0.133. The summed E-state index contributed by atoms with van der Waals surface area (Å²) in [6, 6.07) is -0.500. The van der Waals surface area contributed by atoms with Crippen molar-refractivity contribution >= 4 is 6.03 Å². The molecule has 1 atom stereocenters. The minimum absolute atomic E-state index is 0.318. The Balaban J connectivity index is 2.38. The number of nitrogens with two attached hydrogens (primary N) is 1. The first kappa shape index (κ1) is 8.29. The average Bonchev–Trinajstić information content (AvgIpc) is 2.05. The maximum absolute atomic E-state index is 10.6. The molecular formula is C6H12N2O3. The number of urea groups is 1. The molecule has 1 unspecified atom stereocenters. The van der Waals surface area contributed by atoms with Crippen LogP contribution in [0.4, 0.5) is 4.79 Å². The third-order valence-electron chi connectivity index (χ3n) is 1.58. The highest BCUT2D eigenvalue weighted by atomic mass is 16.6. The molecule has 0 aliphatic carbocycles. The van der Waals surface area contributed by atoms with Gasteiger partial charge in [0.05, 0.1) is 19.8 Å². The summed E-state index contributed by atoms with van der Waals surface area (Å²) in [4.78, 5) is 11.9. The Hall–Kier alpha value is -0.810. The second-order valence-corrected chi connectivity index (χ2v) is 2.35. The summed E-state index contributed by atoms with van der Waals surface area (Å²) in [7, 11) is 1.58. The lowest BCUT2D eigenvalue weighted by Gasteiger charge is -2.29. The van der Waals surface area contributed by atoms with E-state index in [9.17, 15) is 4.79 Å². The van der Waals surface area contributed by atoms with Crippen LogP contribution in [0.25, 0.3) is 0 Å².